The summed E-state index contributed by atoms with van der Waals surface area (Å²) in [6.45, 7) is 9.90. The van der Waals surface area contributed by atoms with Gasteiger partial charge < -0.3 is 0 Å². The SMILES string of the molecule is C=CC(C)(CCC=C(C)C)N(C(=O)c1ccccc1)C(=O)c1ccccc1. The molecular formula is C24H27NO2. The minimum absolute atomic E-state index is 0.316. The van der Waals surface area contributed by atoms with E-state index in [-0.39, 0.29) is 11.8 Å². The van der Waals surface area contributed by atoms with Crippen molar-refractivity contribution < 1.29 is 9.59 Å². The minimum Gasteiger partial charge on any atom is -0.269 e. The van der Waals surface area contributed by atoms with Crippen LogP contribution in [0.4, 0.5) is 0 Å². The predicted octanol–water partition coefficient (Wildman–Crippen LogP) is 5.66. The first kappa shape index (κ1) is 20.4. The molecule has 0 heterocycles. The van der Waals surface area contributed by atoms with E-state index in [1.807, 2.05) is 32.9 Å². The first-order chi connectivity index (χ1) is 12.9. The van der Waals surface area contributed by atoms with Crippen molar-refractivity contribution in [1.82, 2.24) is 4.90 Å². The molecule has 2 aromatic carbocycles. The largest absolute Gasteiger partial charge is 0.269 e. The second-order valence-electron chi connectivity index (χ2n) is 7.06. The molecule has 0 radical (unpaired) electrons. The van der Waals surface area contributed by atoms with Gasteiger partial charge in [0.2, 0.25) is 0 Å². The second-order valence-corrected chi connectivity index (χ2v) is 7.06. The van der Waals surface area contributed by atoms with Crippen LogP contribution < -0.4 is 0 Å². The van der Waals surface area contributed by atoms with E-state index < -0.39 is 5.54 Å². The molecule has 0 N–H and O–H groups in total. The summed E-state index contributed by atoms with van der Waals surface area (Å²) in [7, 11) is 0. The van der Waals surface area contributed by atoms with E-state index in [1.54, 1.807) is 54.6 Å². The number of hydrogen-bond acceptors (Lipinski definition) is 2. The number of nitrogens with zero attached hydrogens (tertiary/aromatic N) is 1. The summed E-state index contributed by atoms with van der Waals surface area (Å²) in [6.07, 6.45) is 5.18. The molecule has 0 saturated carbocycles. The van der Waals surface area contributed by atoms with E-state index >= 15 is 0 Å². The van der Waals surface area contributed by atoms with Crippen molar-refractivity contribution in [3.8, 4) is 0 Å². The highest BCUT2D eigenvalue weighted by molar-refractivity contribution is 6.11. The van der Waals surface area contributed by atoms with Crippen LogP contribution in [-0.4, -0.2) is 22.3 Å². The van der Waals surface area contributed by atoms with Gasteiger partial charge in [-0.1, -0.05) is 54.1 Å². The zero-order valence-electron chi connectivity index (χ0n) is 16.3. The third kappa shape index (κ3) is 5.04. The predicted molar refractivity (Wildman–Crippen MR) is 111 cm³/mol. The molecule has 1 atom stereocenters. The Morgan fingerprint density at radius 2 is 1.37 bits per heavy atom. The summed E-state index contributed by atoms with van der Waals surface area (Å²) in [5, 5.41) is 0. The van der Waals surface area contributed by atoms with Gasteiger partial charge in [0.1, 0.15) is 0 Å². The van der Waals surface area contributed by atoms with E-state index in [9.17, 15) is 9.59 Å². The van der Waals surface area contributed by atoms with Crippen molar-refractivity contribution in [2.45, 2.75) is 39.2 Å². The number of hydrogen-bond donors (Lipinski definition) is 0. The highest BCUT2D eigenvalue weighted by Crippen LogP contribution is 2.28. The molecule has 0 saturated heterocycles. The lowest BCUT2D eigenvalue weighted by atomic mass is 9.91. The van der Waals surface area contributed by atoms with Gasteiger partial charge in [0.05, 0.1) is 5.54 Å². The Labute approximate surface area is 162 Å². The van der Waals surface area contributed by atoms with Gasteiger partial charge in [0.15, 0.2) is 0 Å². The number of benzene rings is 2. The fourth-order valence-electron chi connectivity index (χ4n) is 2.93. The van der Waals surface area contributed by atoms with E-state index in [0.29, 0.717) is 17.5 Å². The van der Waals surface area contributed by atoms with Gasteiger partial charge in [-0.3, -0.25) is 14.5 Å². The first-order valence-electron chi connectivity index (χ1n) is 9.15. The Kier molecular flexibility index (Phi) is 6.89. The van der Waals surface area contributed by atoms with Gasteiger partial charge in [-0.25, -0.2) is 0 Å². The summed E-state index contributed by atoms with van der Waals surface area (Å²) in [5.41, 5.74) is 1.37. The molecule has 0 bridgehead atoms. The van der Waals surface area contributed by atoms with Gasteiger partial charge in [-0.15, -0.1) is 6.58 Å². The number of allylic oxidation sites excluding steroid dienone is 2. The maximum absolute atomic E-state index is 13.3. The molecule has 27 heavy (non-hydrogen) atoms. The average Bonchev–Trinajstić information content (AvgIpc) is 2.69. The van der Waals surface area contributed by atoms with Crippen LogP contribution in [0.15, 0.2) is 85.0 Å². The molecule has 3 nitrogen and oxygen atoms in total. The van der Waals surface area contributed by atoms with Gasteiger partial charge in [0, 0.05) is 11.1 Å². The molecule has 0 fully saturated rings. The maximum Gasteiger partial charge on any atom is 0.261 e. The topological polar surface area (TPSA) is 37.4 Å². The molecule has 0 aliphatic heterocycles. The Morgan fingerprint density at radius 3 is 1.74 bits per heavy atom. The third-order valence-electron chi connectivity index (χ3n) is 4.60. The minimum atomic E-state index is -0.800. The van der Waals surface area contributed by atoms with Crippen LogP contribution in [0.3, 0.4) is 0 Å². The Hall–Kier alpha value is -2.94. The molecule has 2 amide bonds. The molecule has 3 heteroatoms. The molecule has 0 spiro atoms. The van der Waals surface area contributed by atoms with Crippen LogP contribution in [0.2, 0.25) is 0 Å². The van der Waals surface area contributed by atoms with E-state index in [2.05, 4.69) is 12.7 Å². The molecule has 2 aromatic rings. The zero-order valence-corrected chi connectivity index (χ0v) is 16.3. The molecule has 0 aliphatic carbocycles. The van der Waals surface area contributed by atoms with Crippen LogP contribution in [-0.2, 0) is 0 Å². The Morgan fingerprint density at radius 1 is 0.926 bits per heavy atom. The number of carbonyl (C=O) groups excluding carboxylic acids is 2. The van der Waals surface area contributed by atoms with Crippen LogP contribution in [0.25, 0.3) is 0 Å². The third-order valence-corrected chi connectivity index (χ3v) is 4.60. The molecular weight excluding hydrogens is 334 g/mol. The van der Waals surface area contributed by atoms with Crippen LogP contribution in [0, 0.1) is 0 Å². The summed E-state index contributed by atoms with van der Waals surface area (Å²) >= 11 is 0. The summed E-state index contributed by atoms with van der Waals surface area (Å²) in [5.74, 6) is -0.631. The van der Waals surface area contributed by atoms with Crippen molar-refractivity contribution in [2.75, 3.05) is 0 Å². The van der Waals surface area contributed by atoms with Crippen LogP contribution in [0.5, 0.6) is 0 Å². The lowest BCUT2D eigenvalue weighted by Gasteiger charge is -2.38. The van der Waals surface area contributed by atoms with Gasteiger partial charge in [-0.2, -0.15) is 0 Å². The standard InChI is InChI=1S/C24H27NO2/c1-5-24(4,18-12-13-19(2)3)25(22(26)20-14-8-6-9-15-20)23(27)21-16-10-7-11-17-21/h5-11,13-17H,1,12,18H2,2-4H3. The van der Waals surface area contributed by atoms with E-state index in [1.165, 1.54) is 10.5 Å². The van der Waals surface area contributed by atoms with Crippen molar-refractivity contribution in [3.63, 3.8) is 0 Å². The number of rotatable bonds is 7. The fourth-order valence-corrected chi connectivity index (χ4v) is 2.93. The van der Waals surface area contributed by atoms with Crippen LogP contribution >= 0.6 is 0 Å². The Balaban J connectivity index is 2.47. The number of carbonyl (C=O) groups is 2. The quantitative estimate of drug-likeness (QED) is 0.471. The Bertz CT molecular complexity index is 768. The maximum atomic E-state index is 13.3. The lowest BCUT2D eigenvalue weighted by molar-refractivity contribution is 0.0469. The monoisotopic (exact) mass is 361 g/mol. The highest BCUT2D eigenvalue weighted by Gasteiger charge is 2.38. The second kappa shape index (κ2) is 9.13. The average molecular weight is 361 g/mol. The molecule has 0 aromatic heterocycles. The van der Waals surface area contributed by atoms with Crippen molar-refractivity contribution in [2.24, 2.45) is 0 Å². The molecule has 140 valence electrons. The number of amides is 2. The molecule has 1 unspecified atom stereocenters. The highest BCUT2D eigenvalue weighted by atomic mass is 16.2. The molecule has 2 rings (SSSR count). The normalized spacial score (nSPS) is 12.6. The first-order valence-corrected chi connectivity index (χ1v) is 9.15. The van der Waals surface area contributed by atoms with Crippen LogP contribution in [0.1, 0.15) is 54.3 Å². The van der Waals surface area contributed by atoms with Crippen molar-refractivity contribution in [1.29, 1.82) is 0 Å². The summed E-state index contributed by atoms with van der Waals surface area (Å²) < 4.78 is 0. The molecule has 0 aliphatic rings. The van der Waals surface area contributed by atoms with E-state index in [4.69, 9.17) is 0 Å². The van der Waals surface area contributed by atoms with Gasteiger partial charge in [0.25, 0.3) is 11.8 Å². The van der Waals surface area contributed by atoms with Gasteiger partial charge in [-0.05, 0) is 57.9 Å². The van der Waals surface area contributed by atoms with E-state index in [0.717, 1.165) is 6.42 Å². The number of imide groups is 1. The van der Waals surface area contributed by atoms with Crippen molar-refractivity contribution >= 4 is 11.8 Å². The lowest BCUT2D eigenvalue weighted by Crippen LogP contribution is -2.52. The zero-order chi connectivity index (χ0) is 19.9. The summed E-state index contributed by atoms with van der Waals surface area (Å²) in [6, 6.07) is 17.8. The van der Waals surface area contributed by atoms with Crippen molar-refractivity contribution in [3.05, 3.63) is 96.1 Å². The van der Waals surface area contributed by atoms with Gasteiger partial charge >= 0.3 is 0 Å². The fraction of sp³-hybridized carbons (Fsp3) is 0.250. The smallest absolute Gasteiger partial charge is 0.261 e. The summed E-state index contributed by atoms with van der Waals surface area (Å²) in [4.78, 5) is 28.0.